The number of benzene rings is 1. The number of nitrogens with two attached hydrogens (primary N) is 1. The Hall–Kier alpha value is -3.17. The maximum atomic E-state index is 13.2. The summed E-state index contributed by atoms with van der Waals surface area (Å²) in [5.74, 6) is 0.807. The smallest absolute Gasteiger partial charge is 0.399 e. The number of aryl methyl sites for hydroxylation is 1. The average Bonchev–Trinajstić information content (AvgIpc) is 3.20. The summed E-state index contributed by atoms with van der Waals surface area (Å²) in [6, 6.07) is 3.02. The Bertz CT molecular complexity index is 1180. The van der Waals surface area contributed by atoms with Crippen molar-refractivity contribution in [2.24, 2.45) is 0 Å². The maximum Gasteiger partial charge on any atom is 0.416 e. The monoisotopic (exact) mass is 432 g/mol. The SMILES string of the molecule is Cc1nc(N[C@H](C)c2cc(N)cc(C(F)(F)F)c2)c2cn(C3CCCC3)c(=O)nc2n1. The second-order valence-electron chi connectivity index (χ2n) is 7.98. The Labute approximate surface area is 176 Å². The molecule has 1 fully saturated rings. The molecule has 0 aliphatic heterocycles. The van der Waals surface area contributed by atoms with Crippen LogP contribution in [0.1, 0.15) is 61.6 Å². The molecule has 2 heterocycles. The van der Waals surface area contributed by atoms with Gasteiger partial charge in [0, 0.05) is 17.9 Å². The van der Waals surface area contributed by atoms with Crippen LogP contribution in [-0.2, 0) is 6.18 Å². The molecule has 7 nitrogen and oxygen atoms in total. The summed E-state index contributed by atoms with van der Waals surface area (Å²) in [5.41, 5.74) is 5.19. The standard InChI is InChI=1S/C21H23F3N6O/c1-11(13-7-14(21(22,23)24)9-15(25)8-13)26-18-17-10-30(16-5-3-4-6-16)20(31)29-19(17)28-12(2)27-18/h7-11,16H,3-6,25H2,1-2H3,(H,26,27,28,29,31)/t11-/m1/s1. The Morgan fingerprint density at radius 1 is 1.16 bits per heavy atom. The van der Waals surface area contributed by atoms with Gasteiger partial charge in [0.15, 0.2) is 5.65 Å². The summed E-state index contributed by atoms with van der Waals surface area (Å²) in [6.45, 7) is 3.39. The van der Waals surface area contributed by atoms with Gasteiger partial charge in [0.1, 0.15) is 11.6 Å². The number of nitrogens with zero attached hydrogens (tertiary/aromatic N) is 4. The minimum Gasteiger partial charge on any atom is -0.399 e. The van der Waals surface area contributed by atoms with Crippen LogP contribution in [0.25, 0.3) is 11.0 Å². The molecule has 164 valence electrons. The second kappa shape index (κ2) is 7.82. The first kappa shape index (κ1) is 21.1. The first-order chi connectivity index (χ1) is 14.6. The fourth-order valence-electron chi connectivity index (χ4n) is 4.05. The van der Waals surface area contributed by atoms with Crippen LogP contribution in [0.2, 0.25) is 0 Å². The molecule has 3 N–H and O–H groups in total. The van der Waals surface area contributed by atoms with E-state index in [4.69, 9.17) is 5.73 Å². The third-order valence-electron chi connectivity index (χ3n) is 5.60. The molecular weight excluding hydrogens is 409 g/mol. The predicted octanol–water partition coefficient (Wildman–Crippen LogP) is 4.38. The van der Waals surface area contributed by atoms with E-state index in [1.807, 2.05) is 0 Å². The maximum absolute atomic E-state index is 13.2. The van der Waals surface area contributed by atoms with Gasteiger partial charge in [0.05, 0.1) is 17.0 Å². The van der Waals surface area contributed by atoms with Gasteiger partial charge in [-0.2, -0.15) is 18.2 Å². The Morgan fingerprint density at radius 3 is 2.55 bits per heavy atom. The molecule has 2 aromatic heterocycles. The number of nitrogen functional groups attached to an aromatic ring is 1. The fraction of sp³-hybridized carbons (Fsp3) is 0.429. The van der Waals surface area contributed by atoms with Gasteiger partial charge in [-0.05, 0) is 50.5 Å². The third-order valence-corrected chi connectivity index (χ3v) is 5.60. The number of halogens is 3. The quantitative estimate of drug-likeness (QED) is 0.594. The molecule has 4 rings (SSSR count). The van der Waals surface area contributed by atoms with Crippen molar-refractivity contribution in [2.45, 2.75) is 57.8 Å². The van der Waals surface area contributed by atoms with Gasteiger partial charge >= 0.3 is 11.9 Å². The van der Waals surface area contributed by atoms with Gasteiger partial charge in [-0.1, -0.05) is 12.8 Å². The van der Waals surface area contributed by atoms with E-state index >= 15 is 0 Å². The van der Waals surface area contributed by atoms with Gasteiger partial charge in [-0.15, -0.1) is 0 Å². The lowest BCUT2D eigenvalue weighted by molar-refractivity contribution is -0.137. The van der Waals surface area contributed by atoms with Crippen molar-refractivity contribution in [3.05, 3.63) is 51.8 Å². The van der Waals surface area contributed by atoms with E-state index in [0.29, 0.717) is 22.6 Å². The topological polar surface area (TPSA) is 98.7 Å². The summed E-state index contributed by atoms with van der Waals surface area (Å²) in [6.07, 6.45) is 1.13. The summed E-state index contributed by atoms with van der Waals surface area (Å²) in [5, 5.41) is 3.70. The molecule has 1 atom stereocenters. The Morgan fingerprint density at radius 2 is 1.87 bits per heavy atom. The molecule has 1 saturated carbocycles. The highest BCUT2D eigenvalue weighted by Crippen LogP contribution is 2.34. The molecule has 0 saturated heterocycles. The fourth-order valence-corrected chi connectivity index (χ4v) is 4.05. The van der Waals surface area contributed by atoms with E-state index in [0.717, 1.165) is 37.8 Å². The number of aromatic nitrogens is 4. The first-order valence-electron chi connectivity index (χ1n) is 10.1. The Kier molecular flexibility index (Phi) is 5.32. The lowest BCUT2D eigenvalue weighted by Gasteiger charge is -2.19. The highest BCUT2D eigenvalue weighted by molar-refractivity contribution is 5.85. The van der Waals surface area contributed by atoms with Gasteiger partial charge < -0.3 is 11.1 Å². The van der Waals surface area contributed by atoms with Crippen LogP contribution in [0, 0.1) is 6.92 Å². The van der Waals surface area contributed by atoms with Crippen LogP contribution in [0.4, 0.5) is 24.7 Å². The summed E-state index contributed by atoms with van der Waals surface area (Å²) < 4.78 is 41.2. The molecule has 10 heteroatoms. The van der Waals surface area contributed by atoms with E-state index in [-0.39, 0.29) is 23.1 Å². The van der Waals surface area contributed by atoms with E-state index in [2.05, 4.69) is 20.3 Å². The first-order valence-corrected chi connectivity index (χ1v) is 10.1. The second-order valence-corrected chi connectivity index (χ2v) is 7.98. The van der Waals surface area contributed by atoms with Crippen molar-refractivity contribution in [1.29, 1.82) is 0 Å². The number of alkyl halides is 3. The van der Waals surface area contributed by atoms with Crippen molar-refractivity contribution in [2.75, 3.05) is 11.1 Å². The molecule has 31 heavy (non-hydrogen) atoms. The van der Waals surface area contributed by atoms with E-state index < -0.39 is 17.8 Å². The predicted molar refractivity (Wildman–Crippen MR) is 112 cm³/mol. The van der Waals surface area contributed by atoms with E-state index in [1.54, 1.807) is 24.6 Å². The van der Waals surface area contributed by atoms with Crippen LogP contribution in [-0.4, -0.2) is 19.5 Å². The molecule has 0 spiro atoms. The molecular formula is C21H23F3N6O. The van der Waals surface area contributed by atoms with Gasteiger partial charge in [-0.25, -0.2) is 14.8 Å². The normalized spacial score (nSPS) is 16.0. The highest BCUT2D eigenvalue weighted by atomic mass is 19.4. The zero-order chi connectivity index (χ0) is 22.3. The number of fused-ring (bicyclic) bond motifs is 1. The van der Waals surface area contributed by atoms with Gasteiger partial charge in [0.2, 0.25) is 0 Å². The lowest BCUT2D eigenvalue weighted by Crippen LogP contribution is -2.26. The van der Waals surface area contributed by atoms with Crippen molar-refractivity contribution in [1.82, 2.24) is 19.5 Å². The number of hydrogen-bond acceptors (Lipinski definition) is 6. The minimum atomic E-state index is -4.50. The largest absolute Gasteiger partial charge is 0.416 e. The van der Waals surface area contributed by atoms with Crippen molar-refractivity contribution < 1.29 is 13.2 Å². The van der Waals surface area contributed by atoms with Gasteiger partial charge in [0.25, 0.3) is 0 Å². The van der Waals surface area contributed by atoms with Gasteiger partial charge in [-0.3, -0.25) is 4.57 Å². The summed E-state index contributed by atoms with van der Waals surface area (Å²) in [4.78, 5) is 25.3. The van der Waals surface area contributed by atoms with E-state index in [1.165, 1.54) is 6.07 Å². The molecule has 1 aliphatic rings. The molecule has 0 unspecified atom stereocenters. The number of rotatable bonds is 4. The third kappa shape index (κ3) is 4.33. The summed E-state index contributed by atoms with van der Waals surface area (Å²) >= 11 is 0. The summed E-state index contributed by atoms with van der Waals surface area (Å²) in [7, 11) is 0. The number of hydrogen-bond donors (Lipinski definition) is 2. The molecule has 1 aromatic carbocycles. The highest BCUT2D eigenvalue weighted by Gasteiger charge is 2.31. The van der Waals surface area contributed by atoms with Crippen molar-refractivity contribution in [3.63, 3.8) is 0 Å². The molecule has 0 amide bonds. The number of nitrogens with one attached hydrogen (secondary N) is 1. The molecule has 0 bridgehead atoms. The van der Waals surface area contributed by atoms with Crippen molar-refractivity contribution >= 4 is 22.5 Å². The number of anilines is 2. The lowest BCUT2D eigenvalue weighted by atomic mass is 10.0. The van der Waals surface area contributed by atoms with E-state index in [9.17, 15) is 18.0 Å². The van der Waals surface area contributed by atoms with Crippen LogP contribution in [0.15, 0.2) is 29.2 Å². The molecule has 3 aromatic rings. The zero-order valence-corrected chi connectivity index (χ0v) is 17.2. The Balaban J connectivity index is 1.75. The molecule has 1 aliphatic carbocycles. The minimum absolute atomic E-state index is 0.0268. The van der Waals surface area contributed by atoms with Crippen LogP contribution in [0.5, 0.6) is 0 Å². The zero-order valence-electron chi connectivity index (χ0n) is 17.2. The van der Waals surface area contributed by atoms with Crippen molar-refractivity contribution in [3.8, 4) is 0 Å². The molecule has 0 radical (unpaired) electrons. The van der Waals surface area contributed by atoms with Crippen LogP contribution in [0.3, 0.4) is 0 Å². The van der Waals surface area contributed by atoms with Crippen LogP contribution < -0.4 is 16.7 Å². The average molecular weight is 432 g/mol. The van der Waals surface area contributed by atoms with Crippen LogP contribution >= 0.6 is 0 Å².